The Hall–Kier alpha value is -6.45. The first kappa shape index (κ1) is 53.2. The highest BCUT2D eigenvalue weighted by Crippen LogP contribution is 2.45. The lowest BCUT2D eigenvalue weighted by atomic mass is 9.98. The third-order valence-corrected chi connectivity index (χ3v) is 10.3. The van der Waals surface area contributed by atoms with Crippen molar-refractivity contribution >= 4 is 47.1 Å². The Morgan fingerprint density at radius 1 is 0.582 bits per heavy atom. The molecular formula is C51H61ClN2O13. The zero-order valence-corrected chi connectivity index (χ0v) is 39.7. The zero-order valence-electron chi connectivity index (χ0n) is 39.0. The molecule has 15 nitrogen and oxygen atoms in total. The average Bonchev–Trinajstić information content (AvgIpc) is 3.76. The van der Waals surface area contributed by atoms with E-state index in [9.17, 15) is 28.8 Å². The molecule has 0 aliphatic heterocycles. The van der Waals surface area contributed by atoms with Gasteiger partial charge >= 0.3 is 35.5 Å². The van der Waals surface area contributed by atoms with Crippen LogP contribution in [-0.2, 0) is 38.1 Å². The quantitative estimate of drug-likeness (QED) is 0.0497. The lowest BCUT2D eigenvalue weighted by Crippen LogP contribution is -2.44. The van der Waals surface area contributed by atoms with Crippen LogP contribution in [0.1, 0.15) is 108 Å². The van der Waals surface area contributed by atoms with Gasteiger partial charge in [0.1, 0.15) is 36.5 Å². The van der Waals surface area contributed by atoms with Crippen molar-refractivity contribution in [3.63, 3.8) is 0 Å². The van der Waals surface area contributed by atoms with E-state index in [1.165, 1.54) is 0 Å². The number of benzene rings is 4. The number of carbonyl (C=O) groups excluding carboxylic acids is 5. The predicted octanol–water partition coefficient (Wildman–Crippen LogP) is 9.49. The summed E-state index contributed by atoms with van der Waals surface area (Å²) in [5, 5.41) is 23.1. The third kappa shape index (κ3) is 16.4. The molecule has 0 spiro atoms. The number of carboxylic acid groups (broad SMARTS) is 1. The summed E-state index contributed by atoms with van der Waals surface area (Å²) < 4.78 is 25.8. The molecule has 4 N–H and O–H groups in total. The summed E-state index contributed by atoms with van der Waals surface area (Å²) in [6.45, 7) is 12.6. The van der Waals surface area contributed by atoms with Gasteiger partial charge < -0.3 is 44.5 Å². The molecule has 0 heterocycles. The maximum atomic E-state index is 12.5. The first-order chi connectivity index (χ1) is 31.7. The summed E-state index contributed by atoms with van der Waals surface area (Å²) in [4.78, 5) is 70.3. The zero-order chi connectivity index (χ0) is 49.3. The lowest BCUT2D eigenvalue weighted by molar-refractivity contribution is -0.158. The van der Waals surface area contributed by atoms with Crippen molar-refractivity contribution in [3.8, 4) is 22.3 Å². The lowest BCUT2D eigenvalue weighted by Gasteiger charge is -2.24. The van der Waals surface area contributed by atoms with E-state index in [-0.39, 0.29) is 50.9 Å². The van der Waals surface area contributed by atoms with Gasteiger partial charge in [-0.3, -0.25) is 4.79 Å². The Morgan fingerprint density at radius 2 is 0.925 bits per heavy atom. The number of nitrogens with one attached hydrogen (secondary N) is 2. The van der Waals surface area contributed by atoms with Gasteiger partial charge in [-0.2, -0.15) is 0 Å². The van der Waals surface area contributed by atoms with Crippen LogP contribution in [0.5, 0.6) is 0 Å². The van der Waals surface area contributed by atoms with Crippen LogP contribution in [-0.4, -0.2) is 95.4 Å². The fourth-order valence-corrected chi connectivity index (χ4v) is 7.59. The standard InChI is InChI=1S/C24H27NO6.C24H29NO5.C3H5ClO2/c1-24(2,3)31-22(28)20(12-13-21(26)27)25-23(29)30-14-19-17-10-6-4-8-15(17)16-9-5-7-11-18(16)19;1-24(2,3)30-22(27)21(13-8-14-26)25-23(28)29-15-20-18-11-6-4-9-16(18)17-10-5-7-12-19(17)20;1-2-6-3(4)5/h4-11,19-20H,12-14H2,1-3H3,(H,25,29)(H,26,27);4-7,9-12,20-21,26H,8,13-15H2,1-3H3,(H,25,28);2H2,1H3. The predicted molar refractivity (Wildman–Crippen MR) is 252 cm³/mol. The number of aliphatic carboxylic acids is 1. The van der Waals surface area contributed by atoms with E-state index in [0.29, 0.717) is 13.0 Å². The van der Waals surface area contributed by atoms with Crippen LogP contribution in [0, 0.1) is 0 Å². The first-order valence-electron chi connectivity index (χ1n) is 22.1. The number of aliphatic hydroxyl groups excluding tert-OH is 1. The van der Waals surface area contributed by atoms with E-state index in [1.807, 2.05) is 84.9 Å². The van der Waals surface area contributed by atoms with Crippen LogP contribution in [0.15, 0.2) is 97.1 Å². The van der Waals surface area contributed by atoms with E-state index in [4.69, 9.17) is 40.8 Å². The molecule has 4 aromatic rings. The number of hydrogen-bond acceptors (Lipinski definition) is 12. The molecule has 2 amide bonds. The van der Waals surface area contributed by atoms with Crippen molar-refractivity contribution < 1.29 is 62.7 Å². The normalized spacial score (nSPS) is 13.2. The van der Waals surface area contributed by atoms with Gasteiger partial charge in [-0.1, -0.05) is 97.1 Å². The molecule has 2 aliphatic rings. The maximum Gasteiger partial charge on any atom is 0.407 e. The van der Waals surface area contributed by atoms with Crippen molar-refractivity contribution in [3.05, 3.63) is 119 Å². The molecule has 0 saturated heterocycles. The molecule has 0 bridgehead atoms. The molecule has 6 rings (SSSR count). The summed E-state index contributed by atoms with van der Waals surface area (Å²) >= 11 is 4.72. The summed E-state index contributed by atoms with van der Waals surface area (Å²) in [5.41, 5.74) is 6.74. The Bertz CT molecular complexity index is 2250. The number of amides is 2. The fraction of sp³-hybridized carbons (Fsp3) is 0.412. The van der Waals surface area contributed by atoms with Crippen molar-refractivity contribution in [1.82, 2.24) is 10.6 Å². The molecule has 16 heteroatoms. The molecule has 360 valence electrons. The first-order valence-corrected chi connectivity index (χ1v) is 22.4. The van der Waals surface area contributed by atoms with Gasteiger partial charge in [-0.05, 0) is 112 Å². The van der Waals surface area contributed by atoms with Gasteiger partial charge in [-0.25, -0.2) is 24.0 Å². The Kier molecular flexibility index (Phi) is 19.8. The largest absolute Gasteiger partial charge is 0.481 e. The highest BCUT2D eigenvalue weighted by Gasteiger charge is 2.33. The van der Waals surface area contributed by atoms with Crippen molar-refractivity contribution in [1.29, 1.82) is 0 Å². The number of fused-ring (bicyclic) bond motifs is 6. The van der Waals surface area contributed by atoms with Gasteiger partial charge in [0.2, 0.25) is 0 Å². The molecule has 4 aromatic carbocycles. The molecule has 67 heavy (non-hydrogen) atoms. The number of alkyl carbamates (subject to hydrolysis) is 2. The molecule has 0 saturated carbocycles. The van der Waals surface area contributed by atoms with E-state index in [2.05, 4.69) is 27.5 Å². The second kappa shape index (κ2) is 24.9. The van der Waals surface area contributed by atoms with Gasteiger partial charge in [0, 0.05) is 36.5 Å². The number of hydrogen-bond donors (Lipinski definition) is 4. The van der Waals surface area contributed by atoms with E-state index in [1.54, 1.807) is 48.5 Å². The fourth-order valence-electron chi connectivity index (χ4n) is 7.49. The number of ether oxygens (including phenoxy) is 5. The van der Waals surface area contributed by atoms with Crippen LogP contribution >= 0.6 is 11.6 Å². The highest BCUT2D eigenvalue weighted by atomic mass is 35.5. The molecule has 2 aliphatic carbocycles. The Labute approximate surface area is 396 Å². The highest BCUT2D eigenvalue weighted by molar-refractivity contribution is 6.61. The number of carbonyl (C=O) groups is 6. The van der Waals surface area contributed by atoms with Crippen LogP contribution in [0.25, 0.3) is 22.3 Å². The second-order valence-corrected chi connectivity index (χ2v) is 17.9. The summed E-state index contributed by atoms with van der Waals surface area (Å²) in [6, 6.07) is 30.2. The van der Waals surface area contributed by atoms with Crippen LogP contribution in [0.4, 0.5) is 14.4 Å². The Morgan fingerprint density at radius 3 is 1.21 bits per heavy atom. The average molecular weight is 946 g/mol. The molecule has 0 aromatic heterocycles. The van der Waals surface area contributed by atoms with Gasteiger partial charge in [0.15, 0.2) is 0 Å². The van der Waals surface area contributed by atoms with Crippen molar-refractivity contribution in [2.45, 2.75) is 109 Å². The topological polar surface area (TPSA) is 213 Å². The van der Waals surface area contributed by atoms with Gasteiger partial charge in [0.05, 0.1) is 6.61 Å². The SMILES string of the molecule is CC(C)(C)OC(=O)C(CCC(=O)O)NC(=O)OCC1c2ccccc2-c2ccccc21.CC(C)(C)OC(=O)C(CCCO)NC(=O)OCC1c2ccccc2-c2ccccc21.CCOC(=O)Cl. The van der Waals surface area contributed by atoms with E-state index in [0.717, 1.165) is 44.5 Å². The van der Waals surface area contributed by atoms with Crippen LogP contribution < -0.4 is 10.6 Å². The van der Waals surface area contributed by atoms with Crippen molar-refractivity contribution in [2.75, 3.05) is 26.4 Å². The van der Waals surface area contributed by atoms with Crippen LogP contribution in [0.3, 0.4) is 0 Å². The summed E-state index contributed by atoms with van der Waals surface area (Å²) in [5.74, 6) is -2.47. The molecule has 0 radical (unpaired) electrons. The van der Waals surface area contributed by atoms with Gasteiger partial charge in [0.25, 0.3) is 0 Å². The Balaban J connectivity index is 0.000000261. The monoisotopic (exact) mass is 944 g/mol. The molecular weight excluding hydrogens is 884 g/mol. The smallest absolute Gasteiger partial charge is 0.407 e. The number of halogens is 1. The minimum Gasteiger partial charge on any atom is -0.481 e. The molecule has 2 atom stereocenters. The third-order valence-electron chi connectivity index (χ3n) is 10.2. The maximum absolute atomic E-state index is 12.5. The minimum absolute atomic E-state index is 0.0550. The van der Waals surface area contributed by atoms with Crippen LogP contribution in [0.2, 0.25) is 0 Å². The van der Waals surface area contributed by atoms with E-state index < -0.39 is 58.8 Å². The number of carboxylic acids is 1. The number of esters is 2. The van der Waals surface area contributed by atoms with Crippen molar-refractivity contribution in [2.24, 2.45) is 0 Å². The summed E-state index contributed by atoms with van der Waals surface area (Å²) in [7, 11) is 0. The van der Waals surface area contributed by atoms with Gasteiger partial charge in [-0.15, -0.1) is 0 Å². The molecule has 2 unspecified atom stereocenters. The number of rotatable bonds is 15. The second-order valence-electron chi connectivity index (χ2n) is 17.6. The summed E-state index contributed by atoms with van der Waals surface area (Å²) in [6.07, 6.45) is -1.20. The minimum atomic E-state index is -1.11. The number of aliphatic hydroxyl groups is 1. The molecule has 0 fully saturated rings. The van der Waals surface area contributed by atoms with E-state index >= 15 is 0 Å².